The number of carbonyl (C=O) groups excluding carboxylic acids is 1. The van der Waals surface area contributed by atoms with E-state index < -0.39 is 28.8 Å². The molecule has 0 saturated carbocycles. The average molecular weight is 445 g/mol. The Hall–Kier alpha value is -1.20. The molecule has 0 bridgehead atoms. The maximum atomic E-state index is 14.0. The number of nitrogens with one attached hydrogen (secondary N) is 1. The van der Waals surface area contributed by atoms with Crippen LogP contribution in [0.2, 0.25) is 0 Å². The second-order valence-corrected chi connectivity index (χ2v) is 10.5. The fraction of sp³-hybridized carbons (Fsp3) is 0.188. The van der Waals surface area contributed by atoms with E-state index in [1.807, 2.05) is 0 Å². The molecule has 0 aliphatic carbocycles. The summed E-state index contributed by atoms with van der Waals surface area (Å²) >= 11 is 17.6. The van der Waals surface area contributed by atoms with E-state index in [0.29, 0.717) is 0 Å². The summed E-state index contributed by atoms with van der Waals surface area (Å²) in [6.45, 7) is 0. The zero-order chi connectivity index (χ0) is 19.6. The fourth-order valence-electron chi connectivity index (χ4n) is 2.33. The number of halogens is 6. The van der Waals surface area contributed by atoms with Gasteiger partial charge in [0.25, 0.3) is 0 Å². The van der Waals surface area contributed by atoms with Gasteiger partial charge in [-0.15, -0.1) is 0 Å². The molecule has 0 aromatic heterocycles. The van der Waals surface area contributed by atoms with Gasteiger partial charge in [0, 0.05) is 10.6 Å². The molecular formula is C16H12Cl3F3NO2P. The van der Waals surface area contributed by atoms with E-state index in [4.69, 9.17) is 34.8 Å². The molecular weight excluding hydrogens is 433 g/mol. The molecule has 1 amide bonds. The van der Waals surface area contributed by atoms with Crippen LogP contribution in [0.3, 0.4) is 0 Å². The van der Waals surface area contributed by atoms with Gasteiger partial charge in [0.2, 0.25) is 3.79 Å². The lowest BCUT2D eigenvalue weighted by Gasteiger charge is -2.34. The maximum Gasteiger partial charge on any atom is 0.471 e. The van der Waals surface area contributed by atoms with Crippen LogP contribution in [0.5, 0.6) is 0 Å². The molecule has 0 aliphatic heterocycles. The molecule has 26 heavy (non-hydrogen) atoms. The summed E-state index contributed by atoms with van der Waals surface area (Å²) in [6.07, 6.45) is -5.23. The third kappa shape index (κ3) is 4.55. The van der Waals surface area contributed by atoms with E-state index in [-0.39, 0.29) is 10.6 Å². The highest BCUT2D eigenvalue weighted by molar-refractivity contribution is 7.79. The first kappa shape index (κ1) is 21.1. The first-order valence-corrected chi connectivity index (χ1v) is 10.0. The van der Waals surface area contributed by atoms with Gasteiger partial charge in [-0.2, -0.15) is 13.2 Å². The predicted molar refractivity (Wildman–Crippen MR) is 98.0 cm³/mol. The van der Waals surface area contributed by atoms with Gasteiger partial charge in [0.15, 0.2) is 7.14 Å². The Bertz CT molecular complexity index is 767. The molecule has 0 fully saturated rings. The van der Waals surface area contributed by atoms with Crippen molar-refractivity contribution in [2.45, 2.75) is 15.8 Å². The highest BCUT2D eigenvalue weighted by Crippen LogP contribution is 2.55. The summed E-state index contributed by atoms with van der Waals surface area (Å²) in [5.74, 6) is -4.28. The highest BCUT2D eigenvalue weighted by Gasteiger charge is 2.52. The van der Waals surface area contributed by atoms with E-state index in [1.165, 1.54) is 24.3 Å². The number of alkyl halides is 6. The Morgan fingerprint density at radius 1 is 0.885 bits per heavy atom. The van der Waals surface area contributed by atoms with Gasteiger partial charge in [-0.1, -0.05) is 95.5 Å². The van der Waals surface area contributed by atoms with Gasteiger partial charge >= 0.3 is 12.1 Å². The number of carbonyl (C=O) groups is 1. The Labute approximate surface area is 162 Å². The Kier molecular flexibility index (Phi) is 6.34. The summed E-state index contributed by atoms with van der Waals surface area (Å²) < 4.78 is 49.8. The van der Waals surface area contributed by atoms with Crippen LogP contribution >= 0.6 is 41.9 Å². The summed E-state index contributed by atoms with van der Waals surface area (Å²) in [6, 6.07) is 15.2. The first-order valence-electron chi connectivity index (χ1n) is 7.12. The molecule has 0 saturated heterocycles. The van der Waals surface area contributed by atoms with Crippen LogP contribution in [0.1, 0.15) is 0 Å². The minimum absolute atomic E-state index is 0.144. The number of benzene rings is 2. The molecule has 0 unspecified atom stereocenters. The van der Waals surface area contributed by atoms with Crippen molar-refractivity contribution >= 4 is 58.5 Å². The van der Waals surface area contributed by atoms with E-state index in [1.54, 1.807) is 41.7 Å². The lowest BCUT2D eigenvalue weighted by Crippen LogP contribution is -2.51. The third-order valence-electron chi connectivity index (χ3n) is 3.48. The molecule has 2 rings (SSSR count). The molecule has 10 heteroatoms. The Morgan fingerprint density at radius 2 is 1.27 bits per heavy atom. The van der Waals surface area contributed by atoms with Gasteiger partial charge in [0.1, 0.15) is 5.78 Å². The number of amides is 1. The largest absolute Gasteiger partial charge is 0.471 e. The molecule has 2 aromatic carbocycles. The molecule has 0 spiro atoms. The van der Waals surface area contributed by atoms with Crippen molar-refractivity contribution in [2.75, 3.05) is 0 Å². The summed E-state index contributed by atoms with van der Waals surface area (Å²) in [5, 5.41) is 1.90. The van der Waals surface area contributed by atoms with E-state index in [0.717, 1.165) is 0 Å². The highest BCUT2D eigenvalue weighted by atomic mass is 35.6. The van der Waals surface area contributed by atoms with E-state index in [2.05, 4.69) is 0 Å². The van der Waals surface area contributed by atoms with Crippen molar-refractivity contribution in [1.29, 1.82) is 0 Å². The van der Waals surface area contributed by atoms with Gasteiger partial charge in [-0.05, 0) is 0 Å². The van der Waals surface area contributed by atoms with Crippen LogP contribution in [0, 0.1) is 0 Å². The standard InChI is InChI=1S/C16H12Cl3F3NO2P/c17-15(18,19)14(23-13(24)16(20,21)22)26(25,11-7-3-1-4-8-11)12-9-5-2-6-10-12/h1-10,14H,(H,23,24)/t14-/m1/s1. The van der Waals surface area contributed by atoms with Crippen molar-refractivity contribution in [3.8, 4) is 0 Å². The minimum atomic E-state index is -5.23. The number of hydrogen-bond donors (Lipinski definition) is 1. The summed E-state index contributed by atoms with van der Waals surface area (Å²) in [5.41, 5.74) is 0. The second kappa shape index (κ2) is 7.81. The van der Waals surface area contributed by atoms with E-state index >= 15 is 0 Å². The minimum Gasteiger partial charge on any atom is -0.334 e. The molecule has 0 heterocycles. The molecule has 140 valence electrons. The van der Waals surface area contributed by atoms with Gasteiger partial charge < -0.3 is 9.88 Å². The monoisotopic (exact) mass is 443 g/mol. The van der Waals surface area contributed by atoms with Crippen molar-refractivity contribution in [3.05, 3.63) is 60.7 Å². The molecule has 0 radical (unpaired) electrons. The number of hydrogen-bond acceptors (Lipinski definition) is 2. The molecule has 1 N–H and O–H groups in total. The van der Waals surface area contributed by atoms with Crippen molar-refractivity contribution in [3.63, 3.8) is 0 Å². The molecule has 0 aliphatic rings. The lowest BCUT2D eigenvalue weighted by atomic mass is 10.4. The third-order valence-corrected chi connectivity index (χ3v) is 7.96. The van der Waals surface area contributed by atoms with Gasteiger partial charge in [0.05, 0.1) is 0 Å². The smallest absolute Gasteiger partial charge is 0.334 e. The van der Waals surface area contributed by atoms with Crippen molar-refractivity contribution < 1.29 is 22.5 Å². The summed E-state index contributed by atoms with van der Waals surface area (Å²) in [4.78, 5) is 11.5. The fourth-order valence-corrected chi connectivity index (χ4v) is 6.57. The zero-order valence-corrected chi connectivity index (χ0v) is 16.0. The van der Waals surface area contributed by atoms with Crippen LogP contribution in [0.15, 0.2) is 60.7 Å². The topological polar surface area (TPSA) is 46.2 Å². The van der Waals surface area contributed by atoms with Crippen molar-refractivity contribution in [2.24, 2.45) is 0 Å². The van der Waals surface area contributed by atoms with Gasteiger partial charge in [-0.25, -0.2) is 0 Å². The zero-order valence-electron chi connectivity index (χ0n) is 12.9. The first-order chi connectivity index (χ1) is 12.0. The van der Waals surface area contributed by atoms with Crippen LogP contribution in [0.4, 0.5) is 13.2 Å². The normalized spacial score (nSPS) is 13.9. The van der Waals surface area contributed by atoms with Gasteiger partial charge in [-0.3, -0.25) is 4.79 Å². The second-order valence-electron chi connectivity index (χ2n) is 5.24. The molecule has 2 aromatic rings. The Morgan fingerprint density at radius 3 is 1.58 bits per heavy atom. The van der Waals surface area contributed by atoms with Crippen LogP contribution < -0.4 is 15.9 Å². The van der Waals surface area contributed by atoms with Crippen LogP contribution in [-0.4, -0.2) is 21.7 Å². The Balaban J connectivity index is 2.68. The average Bonchev–Trinajstić information content (AvgIpc) is 2.58. The lowest BCUT2D eigenvalue weighted by molar-refractivity contribution is -0.173. The summed E-state index contributed by atoms with van der Waals surface area (Å²) in [7, 11) is -4.01. The van der Waals surface area contributed by atoms with Crippen molar-refractivity contribution in [1.82, 2.24) is 5.32 Å². The maximum absolute atomic E-state index is 14.0. The molecule has 1 atom stereocenters. The SMILES string of the molecule is O=C(N[C@@H](C(Cl)(Cl)Cl)P(=O)(c1ccccc1)c1ccccc1)C(F)(F)F. The van der Waals surface area contributed by atoms with Crippen LogP contribution in [0.25, 0.3) is 0 Å². The predicted octanol–water partition coefficient (Wildman–Crippen LogP) is 4.38. The van der Waals surface area contributed by atoms with Crippen LogP contribution in [-0.2, 0) is 9.36 Å². The quantitative estimate of drug-likeness (QED) is 0.562. The molecule has 3 nitrogen and oxygen atoms in total. The number of rotatable bonds is 4. The van der Waals surface area contributed by atoms with E-state index in [9.17, 15) is 22.5 Å².